The Labute approximate surface area is 103 Å². The molecule has 2 fully saturated rings. The molecule has 0 bridgehead atoms. The van der Waals surface area contributed by atoms with E-state index in [9.17, 15) is 4.79 Å². The van der Waals surface area contributed by atoms with Crippen LogP contribution in [0.2, 0.25) is 0 Å². The standard InChI is InChI=1S/C13H24N2O2/c1-10(11-5-8-17-9-11)15-12(16)13(2)6-3-4-7-14-13/h10-11,14H,3-9H2,1-2H3,(H,15,16). The van der Waals surface area contributed by atoms with Crippen molar-refractivity contribution >= 4 is 5.91 Å². The lowest BCUT2D eigenvalue weighted by molar-refractivity contribution is -0.128. The van der Waals surface area contributed by atoms with Gasteiger partial charge < -0.3 is 15.4 Å². The number of piperidine rings is 1. The van der Waals surface area contributed by atoms with Gasteiger partial charge in [-0.3, -0.25) is 4.79 Å². The molecule has 2 rings (SSSR count). The smallest absolute Gasteiger partial charge is 0.240 e. The number of rotatable bonds is 3. The third-order valence-corrected chi connectivity index (χ3v) is 4.15. The van der Waals surface area contributed by atoms with Crippen LogP contribution in [0.15, 0.2) is 0 Å². The van der Waals surface area contributed by atoms with Crippen LogP contribution in [-0.4, -0.2) is 37.2 Å². The number of carbonyl (C=O) groups excluding carboxylic acids is 1. The van der Waals surface area contributed by atoms with E-state index < -0.39 is 0 Å². The van der Waals surface area contributed by atoms with Crippen molar-refractivity contribution in [2.24, 2.45) is 5.92 Å². The molecule has 1 amide bonds. The van der Waals surface area contributed by atoms with Crippen LogP contribution in [0.3, 0.4) is 0 Å². The second-order valence-electron chi connectivity index (χ2n) is 5.60. The minimum atomic E-state index is -0.369. The predicted molar refractivity (Wildman–Crippen MR) is 66.8 cm³/mol. The maximum atomic E-state index is 12.3. The Kier molecular flexibility index (Phi) is 4.05. The van der Waals surface area contributed by atoms with Crippen molar-refractivity contribution in [1.29, 1.82) is 0 Å². The molecule has 98 valence electrons. The summed E-state index contributed by atoms with van der Waals surface area (Å²) in [6.45, 7) is 6.67. The van der Waals surface area contributed by atoms with Crippen molar-refractivity contribution in [2.75, 3.05) is 19.8 Å². The second-order valence-corrected chi connectivity index (χ2v) is 5.60. The molecule has 2 saturated heterocycles. The molecule has 4 heteroatoms. The molecule has 2 heterocycles. The molecule has 3 unspecified atom stereocenters. The van der Waals surface area contributed by atoms with Crippen molar-refractivity contribution in [3.05, 3.63) is 0 Å². The first-order valence-electron chi connectivity index (χ1n) is 6.75. The molecule has 0 aliphatic carbocycles. The first-order valence-corrected chi connectivity index (χ1v) is 6.75. The highest BCUT2D eigenvalue weighted by Gasteiger charge is 2.36. The fraction of sp³-hybridized carbons (Fsp3) is 0.923. The molecule has 4 nitrogen and oxygen atoms in total. The van der Waals surface area contributed by atoms with Gasteiger partial charge in [0.25, 0.3) is 0 Å². The number of hydrogen-bond acceptors (Lipinski definition) is 3. The molecule has 3 atom stereocenters. The fourth-order valence-corrected chi connectivity index (χ4v) is 2.68. The minimum Gasteiger partial charge on any atom is -0.381 e. The van der Waals surface area contributed by atoms with Crippen molar-refractivity contribution in [2.45, 2.75) is 51.1 Å². The average Bonchev–Trinajstić information content (AvgIpc) is 2.83. The third kappa shape index (κ3) is 2.99. The molecule has 2 aliphatic rings. The molecule has 2 aliphatic heterocycles. The van der Waals surface area contributed by atoms with E-state index in [-0.39, 0.29) is 17.5 Å². The Morgan fingerprint density at radius 2 is 2.35 bits per heavy atom. The summed E-state index contributed by atoms with van der Waals surface area (Å²) in [6, 6.07) is 0.213. The van der Waals surface area contributed by atoms with Crippen molar-refractivity contribution < 1.29 is 9.53 Å². The molecule has 0 aromatic carbocycles. The van der Waals surface area contributed by atoms with Crippen molar-refractivity contribution in [1.82, 2.24) is 10.6 Å². The van der Waals surface area contributed by atoms with Crippen LogP contribution in [0.4, 0.5) is 0 Å². The summed E-state index contributed by atoms with van der Waals surface area (Å²) in [4.78, 5) is 12.3. The third-order valence-electron chi connectivity index (χ3n) is 4.15. The first kappa shape index (κ1) is 12.8. The summed E-state index contributed by atoms with van der Waals surface area (Å²) in [5.41, 5.74) is -0.369. The lowest BCUT2D eigenvalue weighted by Crippen LogP contribution is -2.59. The zero-order valence-corrected chi connectivity index (χ0v) is 10.9. The van der Waals surface area contributed by atoms with Gasteiger partial charge in [-0.15, -0.1) is 0 Å². The second kappa shape index (κ2) is 5.36. The Balaban J connectivity index is 1.86. The minimum absolute atomic E-state index is 0.150. The largest absolute Gasteiger partial charge is 0.381 e. The Bertz CT molecular complexity index is 269. The van der Waals surface area contributed by atoms with E-state index >= 15 is 0 Å². The van der Waals surface area contributed by atoms with Crippen LogP contribution >= 0.6 is 0 Å². The average molecular weight is 240 g/mol. The lowest BCUT2D eigenvalue weighted by atomic mass is 9.89. The molecule has 0 saturated carbocycles. The van der Waals surface area contributed by atoms with E-state index in [4.69, 9.17) is 4.74 Å². The van der Waals surface area contributed by atoms with Gasteiger partial charge in [0.05, 0.1) is 12.1 Å². The monoisotopic (exact) mass is 240 g/mol. The van der Waals surface area contributed by atoms with Gasteiger partial charge in [0.15, 0.2) is 0 Å². The summed E-state index contributed by atoms with van der Waals surface area (Å²) >= 11 is 0. The van der Waals surface area contributed by atoms with Gasteiger partial charge in [-0.25, -0.2) is 0 Å². The van der Waals surface area contributed by atoms with Gasteiger partial charge in [0, 0.05) is 18.6 Å². The first-order chi connectivity index (χ1) is 8.12. The topological polar surface area (TPSA) is 50.4 Å². The number of amides is 1. The molecule has 0 radical (unpaired) electrons. The van der Waals surface area contributed by atoms with E-state index in [1.807, 2.05) is 6.92 Å². The van der Waals surface area contributed by atoms with E-state index in [2.05, 4.69) is 17.6 Å². The summed E-state index contributed by atoms with van der Waals surface area (Å²) in [5, 5.41) is 6.50. The molecule has 0 aromatic rings. The van der Waals surface area contributed by atoms with Gasteiger partial charge in [0.2, 0.25) is 5.91 Å². The van der Waals surface area contributed by atoms with Crippen molar-refractivity contribution in [3.63, 3.8) is 0 Å². The van der Waals surface area contributed by atoms with Crippen LogP contribution in [-0.2, 0) is 9.53 Å². The molecular formula is C13H24N2O2. The molecule has 2 N–H and O–H groups in total. The van der Waals surface area contributed by atoms with Gasteiger partial charge in [-0.05, 0) is 46.1 Å². The Hall–Kier alpha value is -0.610. The quantitative estimate of drug-likeness (QED) is 0.775. The normalized spacial score (nSPS) is 35.5. The molecule has 17 heavy (non-hydrogen) atoms. The SMILES string of the molecule is CC(NC(=O)C1(C)CCCCN1)C1CCOC1. The number of ether oxygens (including phenoxy) is 1. The number of hydrogen-bond donors (Lipinski definition) is 2. The van der Waals surface area contributed by atoms with Gasteiger partial charge in [-0.1, -0.05) is 0 Å². The molecular weight excluding hydrogens is 216 g/mol. The fourth-order valence-electron chi connectivity index (χ4n) is 2.68. The Morgan fingerprint density at radius 3 is 2.94 bits per heavy atom. The van der Waals surface area contributed by atoms with Gasteiger partial charge in [-0.2, -0.15) is 0 Å². The number of nitrogens with one attached hydrogen (secondary N) is 2. The van der Waals surface area contributed by atoms with Gasteiger partial charge >= 0.3 is 0 Å². The van der Waals surface area contributed by atoms with Gasteiger partial charge in [0.1, 0.15) is 0 Å². The Morgan fingerprint density at radius 1 is 1.53 bits per heavy atom. The maximum absolute atomic E-state index is 12.3. The van der Waals surface area contributed by atoms with E-state index in [1.165, 1.54) is 6.42 Å². The predicted octanol–water partition coefficient (Wildman–Crippen LogP) is 1.06. The van der Waals surface area contributed by atoms with E-state index in [1.54, 1.807) is 0 Å². The van der Waals surface area contributed by atoms with Crippen molar-refractivity contribution in [3.8, 4) is 0 Å². The zero-order valence-electron chi connectivity index (χ0n) is 10.9. The highest BCUT2D eigenvalue weighted by atomic mass is 16.5. The van der Waals surface area contributed by atoms with Crippen LogP contribution in [0.25, 0.3) is 0 Å². The lowest BCUT2D eigenvalue weighted by Gasteiger charge is -2.35. The highest BCUT2D eigenvalue weighted by molar-refractivity contribution is 5.86. The van der Waals surface area contributed by atoms with Crippen LogP contribution in [0.1, 0.15) is 39.5 Å². The van der Waals surface area contributed by atoms with Crippen LogP contribution in [0.5, 0.6) is 0 Å². The van der Waals surface area contributed by atoms with Crippen LogP contribution < -0.4 is 10.6 Å². The molecule has 0 spiro atoms. The zero-order chi connectivity index (χ0) is 12.3. The maximum Gasteiger partial charge on any atom is 0.240 e. The highest BCUT2D eigenvalue weighted by Crippen LogP contribution is 2.21. The summed E-state index contributed by atoms with van der Waals surface area (Å²) in [5.74, 6) is 0.628. The van der Waals surface area contributed by atoms with E-state index in [0.717, 1.165) is 39.0 Å². The summed E-state index contributed by atoms with van der Waals surface area (Å²) in [7, 11) is 0. The van der Waals surface area contributed by atoms with E-state index in [0.29, 0.717) is 5.92 Å². The summed E-state index contributed by atoms with van der Waals surface area (Å²) < 4.78 is 5.36. The number of carbonyl (C=O) groups is 1. The van der Waals surface area contributed by atoms with Crippen LogP contribution in [0, 0.1) is 5.92 Å². The summed E-state index contributed by atoms with van der Waals surface area (Å²) in [6.07, 6.45) is 4.31. The molecule has 0 aromatic heterocycles.